The number of halogens is 3. The van der Waals surface area contributed by atoms with Gasteiger partial charge in [-0.3, -0.25) is 0 Å². The molecule has 0 radical (unpaired) electrons. The molecule has 136 valence electrons. The molecule has 0 bridgehead atoms. The average Bonchev–Trinajstić information content (AvgIpc) is 3.04. The molecule has 8 heteroatoms. The number of fused-ring (bicyclic) bond motifs is 1. The smallest absolute Gasteiger partial charge is 0.232 e. The Morgan fingerprint density at radius 3 is 2.42 bits per heavy atom. The van der Waals surface area contributed by atoms with E-state index in [1.165, 1.54) is 10.7 Å². The van der Waals surface area contributed by atoms with Gasteiger partial charge in [0.15, 0.2) is 23.1 Å². The van der Waals surface area contributed by atoms with Gasteiger partial charge in [0.2, 0.25) is 5.88 Å². The van der Waals surface area contributed by atoms with Crippen molar-refractivity contribution in [2.45, 2.75) is 37.9 Å². The highest BCUT2D eigenvalue weighted by Gasteiger charge is 2.21. The number of hydrogen-bond donors (Lipinski definition) is 1. The molecular formula is C18H16F3N3O2. The maximum Gasteiger partial charge on any atom is 0.232 e. The van der Waals surface area contributed by atoms with Crippen molar-refractivity contribution in [1.29, 1.82) is 0 Å². The van der Waals surface area contributed by atoms with Crippen LogP contribution in [0.5, 0.6) is 5.88 Å². The molecule has 1 fully saturated rings. The van der Waals surface area contributed by atoms with Gasteiger partial charge in [0, 0.05) is 11.6 Å². The van der Waals surface area contributed by atoms with E-state index >= 15 is 0 Å². The van der Waals surface area contributed by atoms with Crippen LogP contribution in [0, 0.1) is 17.5 Å². The first-order valence-electron chi connectivity index (χ1n) is 8.35. The maximum absolute atomic E-state index is 13.5. The van der Waals surface area contributed by atoms with Crippen LogP contribution in [-0.2, 0) is 0 Å². The molecule has 3 aromatic rings. The zero-order valence-electron chi connectivity index (χ0n) is 13.7. The predicted molar refractivity (Wildman–Crippen MR) is 87.2 cm³/mol. The van der Waals surface area contributed by atoms with E-state index in [0.29, 0.717) is 30.1 Å². The molecule has 0 atom stereocenters. The fourth-order valence-electron chi connectivity index (χ4n) is 3.15. The Kier molecular flexibility index (Phi) is 4.28. The highest BCUT2D eigenvalue weighted by Crippen LogP contribution is 2.26. The van der Waals surface area contributed by atoms with E-state index in [1.54, 1.807) is 12.1 Å². The van der Waals surface area contributed by atoms with Gasteiger partial charge in [-0.2, -0.15) is 0 Å². The van der Waals surface area contributed by atoms with Crippen molar-refractivity contribution in [1.82, 2.24) is 14.6 Å². The van der Waals surface area contributed by atoms with Crippen LogP contribution in [0.4, 0.5) is 13.2 Å². The molecule has 2 heterocycles. The van der Waals surface area contributed by atoms with Crippen LogP contribution >= 0.6 is 0 Å². The summed E-state index contributed by atoms with van der Waals surface area (Å²) in [5.74, 6) is -3.72. The van der Waals surface area contributed by atoms with E-state index < -0.39 is 17.5 Å². The molecule has 1 N–H and O–H groups in total. The average molecular weight is 363 g/mol. The van der Waals surface area contributed by atoms with E-state index in [0.717, 1.165) is 25.0 Å². The summed E-state index contributed by atoms with van der Waals surface area (Å²) < 4.78 is 47.5. The molecule has 0 amide bonds. The number of nitrogens with zero attached hydrogens (tertiary/aromatic N) is 3. The van der Waals surface area contributed by atoms with E-state index in [2.05, 4.69) is 10.1 Å². The molecule has 5 nitrogen and oxygen atoms in total. The van der Waals surface area contributed by atoms with Crippen molar-refractivity contribution >= 4 is 5.65 Å². The first kappa shape index (κ1) is 16.8. The van der Waals surface area contributed by atoms with E-state index in [-0.39, 0.29) is 17.8 Å². The summed E-state index contributed by atoms with van der Waals surface area (Å²) in [5, 5.41) is 13.9. The largest absolute Gasteiger partial charge is 0.473 e. The molecule has 0 unspecified atom stereocenters. The lowest BCUT2D eigenvalue weighted by molar-refractivity contribution is 0.0637. The second-order valence-electron chi connectivity index (χ2n) is 6.39. The highest BCUT2D eigenvalue weighted by molar-refractivity contribution is 5.63. The molecule has 0 spiro atoms. The van der Waals surface area contributed by atoms with Crippen LogP contribution in [-0.4, -0.2) is 31.9 Å². The highest BCUT2D eigenvalue weighted by atomic mass is 19.2. The SMILES string of the molecule is O[C@H]1CC[C@H](Oc2ccc3ncc(-c4cc(F)c(F)c(F)c4)n3n2)CC1. The van der Waals surface area contributed by atoms with Gasteiger partial charge in [-0.1, -0.05) is 0 Å². The molecule has 26 heavy (non-hydrogen) atoms. The quantitative estimate of drug-likeness (QED) is 0.724. The van der Waals surface area contributed by atoms with Crippen molar-refractivity contribution in [2.75, 3.05) is 0 Å². The second-order valence-corrected chi connectivity index (χ2v) is 6.39. The number of aliphatic hydroxyl groups is 1. The number of hydrogen-bond acceptors (Lipinski definition) is 4. The summed E-state index contributed by atoms with van der Waals surface area (Å²) in [6.07, 6.45) is 3.90. The Balaban J connectivity index is 1.67. The van der Waals surface area contributed by atoms with Crippen LogP contribution in [0.2, 0.25) is 0 Å². The molecule has 1 aromatic carbocycles. The first-order chi connectivity index (χ1) is 12.5. The van der Waals surface area contributed by atoms with E-state index in [1.807, 2.05) is 0 Å². The number of aromatic nitrogens is 3. The third-order valence-electron chi connectivity index (χ3n) is 4.55. The molecule has 0 saturated heterocycles. The molecule has 2 aromatic heterocycles. The summed E-state index contributed by atoms with van der Waals surface area (Å²) in [6, 6.07) is 5.15. The number of imidazole rings is 1. The maximum atomic E-state index is 13.5. The van der Waals surface area contributed by atoms with Crippen molar-refractivity contribution < 1.29 is 23.0 Å². The molecule has 0 aliphatic heterocycles. The third-order valence-corrected chi connectivity index (χ3v) is 4.55. The predicted octanol–water partition coefficient (Wildman–Crippen LogP) is 3.50. The van der Waals surface area contributed by atoms with Crippen molar-refractivity contribution in [3.63, 3.8) is 0 Å². The van der Waals surface area contributed by atoms with Gasteiger partial charge in [0.05, 0.1) is 18.0 Å². The zero-order chi connectivity index (χ0) is 18.3. The first-order valence-corrected chi connectivity index (χ1v) is 8.35. The molecule has 4 rings (SSSR count). The lowest BCUT2D eigenvalue weighted by Gasteiger charge is -2.25. The summed E-state index contributed by atoms with van der Waals surface area (Å²) in [6.45, 7) is 0. The number of aliphatic hydroxyl groups excluding tert-OH is 1. The molecule has 1 aliphatic rings. The van der Waals surface area contributed by atoms with Gasteiger partial charge in [-0.25, -0.2) is 22.7 Å². The topological polar surface area (TPSA) is 59.7 Å². The van der Waals surface area contributed by atoms with Crippen LogP contribution in [0.25, 0.3) is 16.9 Å². The van der Waals surface area contributed by atoms with Gasteiger partial charge in [-0.05, 0) is 43.9 Å². The van der Waals surface area contributed by atoms with Gasteiger partial charge >= 0.3 is 0 Å². The Morgan fingerprint density at radius 2 is 1.73 bits per heavy atom. The fourth-order valence-corrected chi connectivity index (χ4v) is 3.15. The normalized spacial score (nSPS) is 20.5. The van der Waals surface area contributed by atoms with E-state index in [4.69, 9.17) is 4.74 Å². The summed E-state index contributed by atoms with van der Waals surface area (Å²) in [5.41, 5.74) is 0.915. The Hall–Kier alpha value is -2.61. The fraction of sp³-hybridized carbons (Fsp3) is 0.333. The second kappa shape index (κ2) is 6.60. The number of rotatable bonds is 3. The summed E-state index contributed by atoms with van der Waals surface area (Å²) >= 11 is 0. The Labute approximate surface area is 147 Å². The van der Waals surface area contributed by atoms with Gasteiger partial charge in [0.25, 0.3) is 0 Å². The van der Waals surface area contributed by atoms with Gasteiger partial charge < -0.3 is 9.84 Å². The van der Waals surface area contributed by atoms with Gasteiger partial charge in [0.1, 0.15) is 6.10 Å². The Morgan fingerprint density at radius 1 is 1.04 bits per heavy atom. The standard InChI is InChI=1S/C18H16F3N3O2/c19-13-7-10(8-14(20)18(13)21)15-9-22-16-5-6-17(23-24(15)16)26-12-3-1-11(25)2-4-12/h5-9,11-12,25H,1-4H2/t11-,12-. The van der Waals surface area contributed by atoms with Crippen LogP contribution in [0.3, 0.4) is 0 Å². The van der Waals surface area contributed by atoms with Crippen molar-refractivity contribution in [3.05, 3.63) is 47.9 Å². The zero-order valence-corrected chi connectivity index (χ0v) is 13.7. The minimum absolute atomic E-state index is 0.0453. The summed E-state index contributed by atoms with van der Waals surface area (Å²) in [4.78, 5) is 4.15. The third kappa shape index (κ3) is 3.12. The number of ether oxygens (including phenoxy) is 1. The monoisotopic (exact) mass is 363 g/mol. The lowest BCUT2D eigenvalue weighted by Crippen LogP contribution is -2.26. The number of benzene rings is 1. The van der Waals surface area contributed by atoms with Crippen LogP contribution in [0.15, 0.2) is 30.5 Å². The summed E-state index contributed by atoms with van der Waals surface area (Å²) in [7, 11) is 0. The van der Waals surface area contributed by atoms with Crippen LogP contribution < -0.4 is 4.74 Å². The van der Waals surface area contributed by atoms with Crippen molar-refractivity contribution in [3.8, 4) is 17.1 Å². The lowest BCUT2D eigenvalue weighted by atomic mass is 9.95. The minimum atomic E-state index is -1.51. The molecular weight excluding hydrogens is 347 g/mol. The molecule has 1 saturated carbocycles. The molecule has 1 aliphatic carbocycles. The van der Waals surface area contributed by atoms with Crippen LogP contribution in [0.1, 0.15) is 25.7 Å². The minimum Gasteiger partial charge on any atom is -0.473 e. The van der Waals surface area contributed by atoms with Crippen molar-refractivity contribution in [2.24, 2.45) is 0 Å². The van der Waals surface area contributed by atoms with E-state index in [9.17, 15) is 18.3 Å². The van der Waals surface area contributed by atoms with Gasteiger partial charge in [-0.15, -0.1) is 5.10 Å². The Bertz CT molecular complexity index is 929.